The topological polar surface area (TPSA) is 58.4 Å². The quantitative estimate of drug-likeness (QED) is 0.806. The number of nitrogen functional groups attached to an aromatic ring is 1. The van der Waals surface area contributed by atoms with E-state index >= 15 is 0 Å². The van der Waals surface area contributed by atoms with Gasteiger partial charge in [-0.25, -0.2) is 0 Å². The van der Waals surface area contributed by atoms with Crippen LogP contribution >= 0.6 is 11.3 Å². The zero-order chi connectivity index (χ0) is 15.2. The second kappa shape index (κ2) is 7.24. The third kappa shape index (κ3) is 4.88. The lowest BCUT2D eigenvalue weighted by atomic mass is 10.2. The van der Waals surface area contributed by atoms with Crippen molar-refractivity contribution in [1.82, 2.24) is 4.90 Å². The molecule has 112 valence electrons. The molecule has 2 rings (SSSR count). The average Bonchev–Trinajstić information content (AvgIpc) is 2.92. The van der Waals surface area contributed by atoms with Crippen molar-refractivity contribution in [2.75, 3.05) is 24.6 Å². The van der Waals surface area contributed by atoms with Gasteiger partial charge in [-0.15, -0.1) is 11.3 Å². The van der Waals surface area contributed by atoms with Gasteiger partial charge in [0.05, 0.1) is 0 Å². The normalized spacial score (nSPS) is 10.8. The minimum Gasteiger partial charge on any atom is -0.399 e. The fraction of sp³-hybridized carbons (Fsp3) is 0.312. The van der Waals surface area contributed by atoms with Crippen molar-refractivity contribution in [3.05, 3.63) is 46.2 Å². The molecule has 0 aliphatic carbocycles. The molecule has 0 aliphatic rings. The summed E-state index contributed by atoms with van der Waals surface area (Å²) in [5.41, 5.74) is 8.22. The number of hydrogen-bond acceptors (Lipinski definition) is 4. The van der Waals surface area contributed by atoms with Crippen LogP contribution in [0.5, 0.6) is 0 Å². The van der Waals surface area contributed by atoms with E-state index in [-0.39, 0.29) is 5.91 Å². The Hall–Kier alpha value is -1.85. The Balaban J connectivity index is 1.79. The van der Waals surface area contributed by atoms with E-state index in [4.69, 9.17) is 5.73 Å². The fourth-order valence-electron chi connectivity index (χ4n) is 2.08. The number of nitrogens with zero attached hydrogens (tertiary/aromatic N) is 1. The largest absolute Gasteiger partial charge is 0.399 e. The molecule has 0 saturated heterocycles. The maximum absolute atomic E-state index is 12.0. The van der Waals surface area contributed by atoms with E-state index in [0.717, 1.165) is 24.3 Å². The smallest absolute Gasteiger partial charge is 0.225 e. The van der Waals surface area contributed by atoms with Crippen LogP contribution < -0.4 is 11.1 Å². The molecule has 1 amide bonds. The first-order valence-electron chi connectivity index (χ1n) is 6.91. The van der Waals surface area contributed by atoms with Crippen LogP contribution in [0.1, 0.15) is 16.9 Å². The molecule has 0 bridgehead atoms. The molecular weight excluding hydrogens is 282 g/mol. The van der Waals surface area contributed by atoms with Gasteiger partial charge in [-0.3, -0.25) is 4.79 Å². The van der Waals surface area contributed by atoms with Crippen molar-refractivity contribution in [3.63, 3.8) is 0 Å². The molecule has 0 spiro atoms. The van der Waals surface area contributed by atoms with Crippen molar-refractivity contribution in [3.8, 4) is 0 Å². The molecule has 0 saturated carbocycles. The Morgan fingerprint density at radius 2 is 2.19 bits per heavy atom. The van der Waals surface area contributed by atoms with Gasteiger partial charge >= 0.3 is 0 Å². The van der Waals surface area contributed by atoms with Crippen molar-refractivity contribution in [2.45, 2.75) is 19.9 Å². The third-order valence-electron chi connectivity index (χ3n) is 3.25. The Kier molecular flexibility index (Phi) is 5.36. The molecule has 1 heterocycles. The number of thiophene rings is 1. The molecule has 0 radical (unpaired) electrons. The fourth-order valence-corrected chi connectivity index (χ4v) is 2.86. The average molecular weight is 303 g/mol. The predicted octanol–water partition coefficient (Wildman–Crippen LogP) is 3.10. The van der Waals surface area contributed by atoms with Gasteiger partial charge in [0.15, 0.2) is 0 Å². The summed E-state index contributed by atoms with van der Waals surface area (Å²) in [6.45, 7) is 3.55. The molecule has 0 fully saturated rings. The number of carbonyl (C=O) groups is 1. The Morgan fingerprint density at radius 1 is 1.38 bits per heavy atom. The van der Waals surface area contributed by atoms with Crippen LogP contribution in [0.2, 0.25) is 0 Å². The van der Waals surface area contributed by atoms with Crippen LogP contribution in [0, 0.1) is 6.92 Å². The molecule has 2 aromatic rings. The second-order valence-corrected chi connectivity index (χ2v) is 6.22. The highest BCUT2D eigenvalue weighted by molar-refractivity contribution is 7.09. The first-order valence-corrected chi connectivity index (χ1v) is 7.79. The summed E-state index contributed by atoms with van der Waals surface area (Å²) >= 11 is 1.74. The van der Waals surface area contributed by atoms with Crippen LogP contribution in [0.25, 0.3) is 0 Å². The van der Waals surface area contributed by atoms with Crippen LogP contribution in [-0.2, 0) is 11.3 Å². The maximum atomic E-state index is 12.0. The summed E-state index contributed by atoms with van der Waals surface area (Å²) in [7, 11) is 2.03. The molecule has 1 aromatic heterocycles. The Bertz CT molecular complexity index is 596. The van der Waals surface area contributed by atoms with E-state index in [1.807, 2.05) is 32.2 Å². The predicted molar refractivity (Wildman–Crippen MR) is 89.5 cm³/mol. The monoisotopic (exact) mass is 303 g/mol. The number of anilines is 2. The number of aryl methyl sites for hydroxylation is 1. The van der Waals surface area contributed by atoms with Crippen molar-refractivity contribution >= 4 is 28.6 Å². The van der Waals surface area contributed by atoms with Crippen LogP contribution in [0.15, 0.2) is 35.7 Å². The molecule has 0 atom stereocenters. The van der Waals surface area contributed by atoms with Gasteiger partial charge in [0.2, 0.25) is 5.91 Å². The van der Waals surface area contributed by atoms with Gasteiger partial charge in [0.25, 0.3) is 0 Å². The lowest BCUT2D eigenvalue weighted by Gasteiger charge is -2.15. The molecule has 0 aliphatic heterocycles. The molecule has 21 heavy (non-hydrogen) atoms. The number of nitrogens with two attached hydrogens (primary N) is 1. The summed E-state index contributed by atoms with van der Waals surface area (Å²) < 4.78 is 0. The SMILES string of the molecule is Cc1cc(N)ccc1NC(=O)CCN(C)Cc1cccs1. The molecular formula is C16H21N3OS. The van der Waals surface area contributed by atoms with E-state index in [0.29, 0.717) is 12.1 Å². The highest BCUT2D eigenvalue weighted by Crippen LogP contribution is 2.18. The first kappa shape index (κ1) is 15.5. The van der Waals surface area contributed by atoms with Crippen LogP contribution in [-0.4, -0.2) is 24.4 Å². The Morgan fingerprint density at radius 3 is 2.86 bits per heavy atom. The van der Waals surface area contributed by atoms with Gasteiger partial charge in [-0.05, 0) is 49.2 Å². The number of rotatable bonds is 6. The standard InChI is InChI=1S/C16H21N3OS/c1-12-10-13(17)5-6-15(12)18-16(20)7-8-19(2)11-14-4-3-9-21-14/h3-6,9-10H,7-8,11,17H2,1-2H3,(H,18,20). The van der Waals surface area contributed by atoms with Gasteiger partial charge in [0, 0.05) is 35.8 Å². The zero-order valence-corrected chi connectivity index (χ0v) is 13.2. The molecule has 0 unspecified atom stereocenters. The highest BCUT2D eigenvalue weighted by atomic mass is 32.1. The number of benzene rings is 1. The summed E-state index contributed by atoms with van der Waals surface area (Å²) in [4.78, 5) is 15.5. The number of hydrogen-bond donors (Lipinski definition) is 2. The molecule has 5 heteroatoms. The molecule has 1 aromatic carbocycles. The van der Waals surface area contributed by atoms with Gasteiger partial charge < -0.3 is 16.0 Å². The Labute approximate surface area is 129 Å². The second-order valence-electron chi connectivity index (χ2n) is 5.19. The molecule has 3 N–H and O–H groups in total. The lowest BCUT2D eigenvalue weighted by molar-refractivity contribution is -0.116. The minimum absolute atomic E-state index is 0.0286. The third-order valence-corrected chi connectivity index (χ3v) is 4.11. The van der Waals surface area contributed by atoms with E-state index < -0.39 is 0 Å². The van der Waals surface area contributed by atoms with Crippen molar-refractivity contribution < 1.29 is 4.79 Å². The summed E-state index contributed by atoms with van der Waals surface area (Å²) in [5.74, 6) is 0.0286. The van der Waals surface area contributed by atoms with E-state index in [1.165, 1.54) is 4.88 Å². The first-order chi connectivity index (χ1) is 10.0. The van der Waals surface area contributed by atoms with Gasteiger partial charge in [-0.1, -0.05) is 6.07 Å². The van der Waals surface area contributed by atoms with Gasteiger partial charge in [-0.2, -0.15) is 0 Å². The van der Waals surface area contributed by atoms with Gasteiger partial charge in [0.1, 0.15) is 0 Å². The van der Waals surface area contributed by atoms with Crippen molar-refractivity contribution in [2.24, 2.45) is 0 Å². The number of amides is 1. The maximum Gasteiger partial charge on any atom is 0.225 e. The van der Waals surface area contributed by atoms with E-state index in [1.54, 1.807) is 17.4 Å². The summed E-state index contributed by atoms with van der Waals surface area (Å²) in [6.07, 6.45) is 0.478. The highest BCUT2D eigenvalue weighted by Gasteiger charge is 2.07. The van der Waals surface area contributed by atoms with Crippen LogP contribution in [0.4, 0.5) is 11.4 Å². The molecule has 4 nitrogen and oxygen atoms in total. The van der Waals surface area contributed by atoms with E-state index in [9.17, 15) is 4.79 Å². The van der Waals surface area contributed by atoms with E-state index in [2.05, 4.69) is 21.7 Å². The number of carbonyl (C=O) groups excluding carboxylic acids is 1. The lowest BCUT2D eigenvalue weighted by Crippen LogP contribution is -2.23. The van der Waals surface area contributed by atoms with Crippen LogP contribution in [0.3, 0.4) is 0 Å². The number of nitrogens with one attached hydrogen (secondary N) is 1. The van der Waals surface area contributed by atoms with Crippen molar-refractivity contribution in [1.29, 1.82) is 0 Å². The zero-order valence-electron chi connectivity index (χ0n) is 12.4. The summed E-state index contributed by atoms with van der Waals surface area (Å²) in [6, 6.07) is 9.66. The summed E-state index contributed by atoms with van der Waals surface area (Å²) in [5, 5.41) is 5.00. The minimum atomic E-state index is 0.0286.